The Kier molecular flexibility index (Phi) is 16.0. The maximum Gasteiger partial charge on any atom is 0.252 e. The SMILES string of the molecule is CC(C)(C)Cc1cc2c3c(c1)N(c1c(-c4cccc(C(C)(C)C)c4)cc(C(C)(C)C)cc1-c1cccc(C(C)(C)C)c1)c1cc(Br)ccc1B3c1ccc(Br)cc1N2c1c(-c2cccc(C(C)(C)C)c2)cc(C(C)(C)C)cc1-c1cccc(C(C)(C)C)c1. The van der Waals surface area contributed by atoms with Crippen LogP contribution in [-0.4, -0.2) is 6.71 Å². The Hall–Kier alpha value is -6.40. The minimum Gasteiger partial charge on any atom is -0.310 e. The van der Waals surface area contributed by atoms with E-state index in [9.17, 15) is 0 Å². The largest absolute Gasteiger partial charge is 0.310 e. The molecule has 0 radical (unpaired) electrons. The van der Waals surface area contributed by atoms with E-state index in [2.05, 4.69) is 357 Å². The summed E-state index contributed by atoms with van der Waals surface area (Å²) in [6.45, 7) is 49.4. The normalized spacial score (nSPS) is 13.8. The molecule has 0 N–H and O–H groups in total. The Morgan fingerprint density at radius 1 is 0.307 bits per heavy atom. The summed E-state index contributed by atoms with van der Waals surface area (Å²) in [5.74, 6) is 0. The van der Waals surface area contributed by atoms with Gasteiger partial charge in [-0.3, -0.25) is 0 Å². The van der Waals surface area contributed by atoms with Crippen LogP contribution in [0.2, 0.25) is 0 Å². The third-order valence-electron chi connectivity index (χ3n) is 18.3. The minimum atomic E-state index is -0.166. The maximum atomic E-state index is 4.14. The second kappa shape index (κ2) is 22.2. The highest BCUT2D eigenvalue weighted by Gasteiger charge is 2.46. The van der Waals surface area contributed by atoms with Gasteiger partial charge in [-0.2, -0.15) is 0 Å². The Labute approximate surface area is 547 Å². The van der Waals surface area contributed by atoms with E-state index in [0.29, 0.717) is 0 Å². The van der Waals surface area contributed by atoms with Crippen molar-refractivity contribution < 1.29 is 0 Å². The zero-order valence-corrected chi connectivity index (χ0v) is 59.8. The van der Waals surface area contributed by atoms with Crippen molar-refractivity contribution >= 4 is 89.1 Å². The number of nitrogens with zero attached hydrogens (tertiary/aromatic N) is 2. The lowest BCUT2D eigenvalue weighted by Crippen LogP contribution is -2.61. The molecule has 452 valence electrons. The summed E-state index contributed by atoms with van der Waals surface area (Å²) < 4.78 is 2.09. The highest BCUT2D eigenvalue weighted by atomic mass is 79.9. The Morgan fingerprint density at radius 2 is 0.591 bits per heavy atom. The van der Waals surface area contributed by atoms with Crippen molar-refractivity contribution in [2.45, 2.75) is 184 Å². The van der Waals surface area contributed by atoms with Crippen molar-refractivity contribution in [1.82, 2.24) is 0 Å². The van der Waals surface area contributed by atoms with Crippen LogP contribution in [0.4, 0.5) is 34.1 Å². The number of rotatable bonds is 7. The van der Waals surface area contributed by atoms with Crippen LogP contribution in [0.15, 0.2) is 179 Å². The number of fused-ring (bicyclic) bond motifs is 4. The molecule has 0 saturated heterocycles. The Morgan fingerprint density at radius 3 is 0.852 bits per heavy atom. The number of hydrogen-bond acceptors (Lipinski definition) is 2. The fraction of sp³-hybridized carbons (Fsp3) is 0.349. The molecule has 88 heavy (non-hydrogen) atoms. The highest BCUT2D eigenvalue weighted by Crippen LogP contribution is 2.56. The van der Waals surface area contributed by atoms with E-state index in [-0.39, 0.29) is 44.6 Å². The first-order valence-electron chi connectivity index (χ1n) is 32.0. The zero-order chi connectivity index (χ0) is 63.7. The second-order valence-electron chi connectivity index (χ2n) is 33.0. The van der Waals surface area contributed by atoms with E-state index < -0.39 is 0 Å². The van der Waals surface area contributed by atoms with Crippen molar-refractivity contribution in [3.8, 4) is 44.5 Å². The van der Waals surface area contributed by atoms with Crippen LogP contribution in [0.1, 0.15) is 184 Å². The highest BCUT2D eigenvalue weighted by molar-refractivity contribution is 9.10. The van der Waals surface area contributed by atoms with Gasteiger partial charge < -0.3 is 9.80 Å². The van der Waals surface area contributed by atoms with Gasteiger partial charge in [-0.25, -0.2) is 0 Å². The zero-order valence-electron chi connectivity index (χ0n) is 56.6. The molecule has 0 atom stereocenters. The summed E-state index contributed by atoms with van der Waals surface area (Å²) in [6, 6.07) is 67.3. The van der Waals surface area contributed by atoms with Crippen LogP contribution in [0.5, 0.6) is 0 Å². The van der Waals surface area contributed by atoms with Crippen LogP contribution < -0.4 is 26.2 Å². The van der Waals surface area contributed by atoms with E-state index in [1.807, 2.05) is 0 Å². The van der Waals surface area contributed by atoms with Gasteiger partial charge in [0.05, 0.1) is 11.4 Å². The van der Waals surface area contributed by atoms with E-state index in [1.54, 1.807) is 0 Å². The molecule has 9 aromatic carbocycles. The molecule has 0 amide bonds. The molecule has 0 fully saturated rings. The molecule has 2 nitrogen and oxygen atoms in total. The molecule has 2 aliphatic rings. The van der Waals surface area contributed by atoms with Gasteiger partial charge in [0.25, 0.3) is 6.71 Å². The monoisotopic (exact) mass is 1290 g/mol. The van der Waals surface area contributed by atoms with Gasteiger partial charge in [0.15, 0.2) is 0 Å². The third-order valence-corrected chi connectivity index (χ3v) is 19.3. The molecule has 0 saturated carbocycles. The topological polar surface area (TPSA) is 6.48 Å². The van der Waals surface area contributed by atoms with E-state index in [0.717, 1.165) is 15.4 Å². The van der Waals surface area contributed by atoms with Gasteiger partial charge in [0.1, 0.15) is 0 Å². The van der Waals surface area contributed by atoms with Crippen molar-refractivity contribution in [3.05, 3.63) is 218 Å². The average Bonchev–Trinajstić information content (AvgIpc) is 0.724. The fourth-order valence-electron chi connectivity index (χ4n) is 13.3. The summed E-state index contributed by atoms with van der Waals surface area (Å²) in [6.07, 6.45) is 0.865. The lowest BCUT2D eigenvalue weighted by molar-refractivity contribution is 0.411. The van der Waals surface area contributed by atoms with E-state index in [1.165, 1.54) is 134 Å². The maximum absolute atomic E-state index is 4.14. The molecule has 0 unspecified atom stereocenters. The number of benzene rings is 9. The Balaban J connectivity index is 1.37. The standard InChI is InChI=1S/C83H93BBr2N2/c1-77(2,3)50-51-38-72-74-73(39-51)88(76-66(54-28-24-32-58(42-54)80(10,11)12)46-61(83(19,20)21)47-67(76)55-29-25-33-59(43-55)81(13,14)15)71-49-63(86)35-37-69(71)84(74)68-36-34-62(85)48-70(68)87(72)75-64(52-26-22-30-56(40-52)78(4,5)6)44-60(82(16,17)18)45-65(75)53-27-23-31-57(41-53)79(7,8)9/h22-49H,50H2,1-21H3. The van der Waals surface area contributed by atoms with Gasteiger partial charge >= 0.3 is 0 Å². The molecule has 5 heteroatoms. The Bertz CT molecular complexity index is 3790. The van der Waals surface area contributed by atoms with Gasteiger partial charge in [0.2, 0.25) is 0 Å². The third kappa shape index (κ3) is 12.2. The first-order valence-corrected chi connectivity index (χ1v) is 33.6. The second-order valence-corrected chi connectivity index (χ2v) is 34.8. The molecule has 0 aromatic heterocycles. The molecular weight excluding hydrogens is 1200 g/mol. The van der Waals surface area contributed by atoms with E-state index in [4.69, 9.17) is 0 Å². The first-order chi connectivity index (χ1) is 40.8. The van der Waals surface area contributed by atoms with Crippen molar-refractivity contribution in [1.29, 1.82) is 0 Å². The number of anilines is 6. The van der Waals surface area contributed by atoms with Gasteiger partial charge in [0, 0.05) is 53.9 Å². The van der Waals surface area contributed by atoms with Crippen LogP contribution in [0.25, 0.3) is 44.5 Å². The first kappa shape index (κ1) is 63.2. The molecule has 0 aliphatic carbocycles. The summed E-state index contributed by atoms with van der Waals surface area (Å²) >= 11 is 8.27. The van der Waals surface area contributed by atoms with Crippen LogP contribution >= 0.6 is 31.9 Å². The predicted molar refractivity (Wildman–Crippen MR) is 393 cm³/mol. The molecule has 0 spiro atoms. The average molecular weight is 1290 g/mol. The van der Waals surface area contributed by atoms with Crippen LogP contribution in [0.3, 0.4) is 0 Å². The quantitative estimate of drug-likeness (QED) is 0.147. The summed E-state index contributed by atoms with van der Waals surface area (Å²) in [4.78, 5) is 5.44. The molecule has 11 rings (SSSR count). The van der Waals surface area contributed by atoms with Crippen molar-refractivity contribution in [3.63, 3.8) is 0 Å². The summed E-state index contributed by atoms with van der Waals surface area (Å²) in [7, 11) is 0. The number of halogens is 2. The van der Waals surface area contributed by atoms with Gasteiger partial charge in [-0.15, -0.1) is 0 Å². The lowest BCUT2D eigenvalue weighted by Gasteiger charge is -2.46. The summed E-state index contributed by atoms with van der Waals surface area (Å²) in [5, 5.41) is 0. The molecular formula is C83H93BBr2N2. The minimum absolute atomic E-state index is 0.0435. The van der Waals surface area contributed by atoms with Crippen molar-refractivity contribution in [2.24, 2.45) is 5.41 Å². The summed E-state index contributed by atoms with van der Waals surface area (Å²) in [5.41, 5.74) is 29.1. The van der Waals surface area contributed by atoms with Gasteiger partial charge in [-0.05, 0) is 183 Å². The molecule has 9 aromatic rings. The van der Waals surface area contributed by atoms with Gasteiger partial charge in [-0.1, -0.05) is 286 Å². The van der Waals surface area contributed by atoms with E-state index >= 15 is 0 Å². The lowest BCUT2D eigenvalue weighted by atomic mass is 9.33. The van der Waals surface area contributed by atoms with Crippen LogP contribution in [-0.2, 0) is 38.9 Å². The van der Waals surface area contributed by atoms with Crippen LogP contribution in [0, 0.1) is 5.41 Å². The van der Waals surface area contributed by atoms with Crippen molar-refractivity contribution in [2.75, 3.05) is 9.80 Å². The number of hydrogen-bond donors (Lipinski definition) is 0. The molecule has 2 aliphatic heterocycles. The molecule has 2 heterocycles. The fourth-order valence-corrected chi connectivity index (χ4v) is 14.0. The smallest absolute Gasteiger partial charge is 0.252 e. The molecule has 0 bridgehead atoms. The predicted octanol–water partition coefficient (Wildman–Crippen LogP) is 23.3.